The summed E-state index contributed by atoms with van der Waals surface area (Å²) in [5, 5.41) is 8.17. The van der Waals surface area contributed by atoms with Crippen molar-refractivity contribution in [2.24, 2.45) is 0 Å². The molecule has 1 aromatic rings. The summed E-state index contributed by atoms with van der Waals surface area (Å²) in [4.78, 5) is 37.5. The van der Waals surface area contributed by atoms with E-state index in [1.807, 2.05) is 12.4 Å². The van der Waals surface area contributed by atoms with E-state index in [2.05, 4.69) is 10.6 Å². The molecule has 0 radical (unpaired) electrons. The highest BCUT2D eigenvalue weighted by Crippen LogP contribution is 2.39. The number of fused-ring (bicyclic) bond motifs is 1. The van der Waals surface area contributed by atoms with E-state index in [-0.39, 0.29) is 24.1 Å². The van der Waals surface area contributed by atoms with Crippen LogP contribution in [-0.4, -0.2) is 35.2 Å². The van der Waals surface area contributed by atoms with Gasteiger partial charge in [0, 0.05) is 24.4 Å². The lowest BCUT2D eigenvalue weighted by molar-refractivity contribution is -0.142. The van der Waals surface area contributed by atoms with E-state index in [1.54, 1.807) is 11.8 Å². The predicted octanol–water partition coefficient (Wildman–Crippen LogP) is 0.941. The number of thiophene rings is 1. The summed E-state index contributed by atoms with van der Waals surface area (Å²) in [7, 11) is 1.81. The SMILES string of the molecule is CNc1scc2c1CN([C@@]1(C)CCC(=O)NC1=O)C2=O. The predicted molar refractivity (Wildman–Crippen MR) is 74.5 cm³/mol. The number of amides is 3. The number of hydrogen-bond acceptors (Lipinski definition) is 5. The molecule has 3 amide bonds. The van der Waals surface area contributed by atoms with E-state index in [0.717, 1.165) is 10.6 Å². The Morgan fingerprint density at radius 2 is 2.15 bits per heavy atom. The smallest absolute Gasteiger partial charge is 0.256 e. The Labute approximate surface area is 120 Å². The normalized spacial score (nSPS) is 25.7. The first kappa shape index (κ1) is 13.1. The second-order valence-electron chi connectivity index (χ2n) is 5.25. The Kier molecular flexibility index (Phi) is 2.82. The van der Waals surface area contributed by atoms with Gasteiger partial charge >= 0.3 is 0 Å². The largest absolute Gasteiger partial charge is 0.380 e. The Bertz CT molecular complexity index is 624. The Hall–Kier alpha value is -1.89. The van der Waals surface area contributed by atoms with Crippen LogP contribution in [-0.2, 0) is 16.1 Å². The zero-order valence-electron chi connectivity index (χ0n) is 11.3. The maximum absolute atomic E-state index is 12.5. The zero-order chi connectivity index (χ0) is 14.5. The minimum absolute atomic E-state index is 0.134. The van der Waals surface area contributed by atoms with Crippen LogP contribution in [0.4, 0.5) is 5.00 Å². The number of imide groups is 1. The molecule has 1 atom stereocenters. The molecule has 2 aliphatic rings. The van der Waals surface area contributed by atoms with E-state index in [4.69, 9.17) is 0 Å². The molecule has 0 saturated carbocycles. The van der Waals surface area contributed by atoms with Crippen molar-refractivity contribution >= 4 is 34.1 Å². The standard InChI is InChI=1S/C13H15N3O3S/c1-13(4-3-9(17)15-12(13)19)16-5-7-8(11(16)18)6-20-10(7)14-2/h6,14H,3-5H2,1-2H3,(H,15,17,19)/t13-/m0/s1. The van der Waals surface area contributed by atoms with Gasteiger partial charge in [0.2, 0.25) is 5.91 Å². The molecule has 0 unspecified atom stereocenters. The number of piperidine rings is 1. The number of nitrogens with zero attached hydrogens (tertiary/aromatic N) is 1. The van der Waals surface area contributed by atoms with Gasteiger partial charge in [0.15, 0.2) is 0 Å². The van der Waals surface area contributed by atoms with Gasteiger partial charge in [-0.3, -0.25) is 19.7 Å². The molecule has 3 heterocycles. The summed E-state index contributed by atoms with van der Waals surface area (Å²) in [5.41, 5.74) is 0.644. The van der Waals surface area contributed by atoms with Crippen molar-refractivity contribution in [1.29, 1.82) is 0 Å². The van der Waals surface area contributed by atoms with Gasteiger partial charge in [-0.1, -0.05) is 0 Å². The fraction of sp³-hybridized carbons (Fsp3) is 0.462. The Balaban J connectivity index is 1.93. The highest BCUT2D eigenvalue weighted by atomic mass is 32.1. The fourth-order valence-electron chi connectivity index (χ4n) is 2.75. The van der Waals surface area contributed by atoms with Crippen LogP contribution < -0.4 is 10.6 Å². The van der Waals surface area contributed by atoms with Gasteiger partial charge in [0.1, 0.15) is 5.54 Å². The summed E-state index contributed by atoms with van der Waals surface area (Å²) in [5.74, 6) is -0.795. The van der Waals surface area contributed by atoms with Crippen LogP contribution in [0, 0.1) is 0 Å². The van der Waals surface area contributed by atoms with Crippen molar-refractivity contribution in [3.8, 4) is 0 Å². The monoisotopic (exact) mass is 293 g/mol. The van der Waals surface area contributed by atoms with Crippen LogP contribution in [0.5, 0.6) is 0 Å². The molecule has 2 N–H and O–H groups in total. The molecule has 1 saturated heterocycles. The van der Waals surface area contributed by atoms with Crippen molar-refractivity contribution in [2.45, 2.75) is 31.8 Å². The van der Waals surface area contributed by atoms with E-state index in [0.29, 0.717) is 18.5 Å². The van der Waals surface area contributed by atoms with Crippen molar-refractivity contribution in [2.75, 3.05) is 12.4 Å². The fourth-order valence-corrected chi connectivity index (χ4v) is 3.67. The molecule has 3 rings (SSSR count). The summed E-state index contributed by atoms with van der Waals surface area (Å²) in [6.45, 7) is 2.13. The lowest BCUT2D eigenvalue weighted by Gasteiger charge is -2.39. The van der Waals surface area contributed by atoms with Crippen molar-refractivity contribution in [3.05, 3.63) is 16.5 Å². The van der Waals surface area contributed by atoms with Crippen LogP contribution in [0.25, 0.3) is 0 Å². The highest BCUT2D eigenvalue weighted by molar-refractivity contribution is 7.14. The molecular formula is C13H15N3O3S. The molecule has 6 nitrogen and oxygen atoms in total. The van der Waals surface area contributed by atoms with Crippen molar-refractivity contribution in [1.82, 2.24) is 10.2 Å². The van der Waals surface area contributed by atoms with Crippen LogP contribution in [0.1, 0.15) is 35.7 Å². The van der Waals surface area contributed by atoms with Crippen LogP contribution in [0.15, 0.2) is 5.38 Å². The van der Waals surface area contributed by atoms with Crippen LogP contribution in [0.3, 0.4) is 0 Å². The molecule has 20 heavy (non-hydrogen) atoms. The molecule has 1 fully saturated rings. The van der Waals surface area contributed by atoms with E-state index < -0.39 is 5.54 Å². The third-order valence-corrected chi connectivity index (χ3v) is 5.13. The van der Waals surface area contributed by atoms with Gasteiger partial charge in [0.05, 0.1) is 17.1 Å². The second kappa shape index (κ2) is 4.31. The van der Waals surface area contributed by atoms with E-state index >= 15 is 0 Å². The third kappa shape index (κ3) is 1.66. The lowest BCUT2D eigenvalue weighted by Crippen LogP contribution is -2.61. The number of carbonyl (C=O) groups is 3. The number of nitrogens with one attached hydrogen (secondary N) is 2. The summed E-state index contributed by atoms with van der Waals surface area (Å²) < 4.78 is 0. The first-order chi connectivity index (χ1) is 9.47. The lowest BCUT2D eigenvalue weighted by atomic mass is 9.89. The minimum Gasteiger partial charge on any atom is -0.380 e. The van der Waals surface area contributed by atoms with Gasteiger partial charge in [-0.15, -0.1) is 11.3 Å². The molecule has 106 valence electrons. The average Bonchev–Trinajstić information content (AvgIpc) is 2.95. The molecule has 0 aliphatic carbocycles. The molecule has 2 aliphatic heterocycles. The molecule has 0 spiro atoms. The highest BCUT2D eigenvalue weighted by Gasteiger charge is 2.49. The van der Waals surface area contributed by atoms with Gasteiger partial charge in [-0.25, -0.2) is 0 Å². The topological polar surface area (TPSA) is 78.5 Å². The van der Waals surface area contributed by atoms with Crippen molar-refractivity contribution in [3.63, 3.8) is 0 Å². The van der Waals surface area contributed by atoms with Crippen LogP contribution in [0.2, 0.25) is 0 Å². The number of rotatable bonds is 2. The van der Waals surface area contributed by atoms with Crippen molar-refractivity contribution < 1.29 is 14.4 Å². The quantitative estimate of drug-likeness (QED) is 0.796. The van der Waals surface area contributed by atoms with Gasteiger partial charge in [-0.2, -0.15) is 0 Å². The molecule has 7 heteroatoms. The van der Waals surface area contributed by atoms with Gasteiger partial charge in [-0.05, 0) is 13.3 Å². The summed E-state index contributed by atoms with van der Waals surface area (Å²) in [6.07, 6.45) is 0.629. The molecule has 0 aromatic carbocycles. The maximum Gasteiger partial charge on any atom is 0.256 e. The van der Waals surface area contributed by atoms with E-state index in [9.17, 15) is 14.4 Å². The number of anilines is 1. The number of hydrogen-bond donors (Lipinski definition) is 2. The minimum atomic E-state index is -0.952. The van der Waals surface area contributed by atoms with Gasteiger partial charge in [0.25, 0.3) is 11.8 Å². The molecular weight excluding hydrogens is 278 g/mol. The average molecular weight is 293 g/mol. The summed E-state index contributed by atoms with van der Waals surface area (Å²) >= 11 is 1.49. The zero-order valence-corrected chi connectivity index (χ0v) is 12.1. The van der Waals surface area contributed by atoms with E-state index in [1.165, 1.54) is 11.3 Å². The third-order valence-electron chi connectivity index (χ3n) is 4.09. The Morgan fingerprint density at radius 1 is 1.40 bits per heavy atom. The van der Waals surface area contributed by atoms with Crippen LogP contribution >= 0.6 is 11.3 Å². The summed E-state index contributed by atoms with van der Waals surface area (Å²) in [6, 6.07) is 0. The molecule has 0 bridgehead atoms. The number of carbonyl (C=O) groups excluding carboxylic acids is 3. The van der Waals surface area contributed by atoms with Gasteiger partial charge < -0.3 is 10.2 Å². The maximum atomic E-state index is 12.5. The Morgan fingerprint density at radius 3 is 2.80 bits per heavy atom. The molecule has 1 aromatic heterocycles. The first-order valence-electron chi connectivity index (χ1n) is 6.41. The first-order valence-corrected chi connectivity index (χ1v) is 7.29. The second-order valence-corrected chi connectivity index (χ2v) is 6.13.